The van der Waals surface area contributed by atoms with Crippen LogP contribution in [-0.2, 0) is 16.6 Å². The first kappa shape index (κ1) is 17.0. The molecule has 0 atom stereocenters. The number of sulfonamides is 1. The molecule has 0 radical (unpaired) electrons. The van der Waals surface area contributed by atoms with Crippen molar-refractivity contribution in [2.45, 2.75) is 24.8 Å². The third-order valence-corrected chi connectivity index (χ3v) is 5.17. The van der Waals surface area contributed by atoms with Crippen molar-refractivity contribution in [1.82, 2.24) is 14.8 Å². The molecule has 0 saturated heterocycles. The van der Waals surface area contributed by atoms with Gasteiger partial charge in [-0.05, 0) is 25.0 Å². The molecular formula is C16H16FN5O2S. The molecule has 9 heteroatoms. The Morgan fingerprint density at radius 3 is 2.96 bits per heavy atom. The minimum atomic E-state index is -3.85. The van der Waals surface area contributed by atoms with E-state index >= 15 is 0 Å². The maximum absolute atomic E-state index is 12.6. The largest absolute Gasteiger partial charge is 0.358 e. The molecule has 0 amide bonds. The van der Waals surface area contributed by atoms with Crippen LogP contribution in [0.4, 0.5) is 10.1 Å². The van der Waals surface area contributed by atoms with E-state index in [0.29, 0.717) is 28.7 Å². The van der Waals surface area contributed by atoms with Crippen LogP contribution >= 0.6 is 0 Å². The van der Waals surface area contributed by atoms with E-state index in [9.17, 15) is 18.1 Å². The summed E-state index contributed by atoms with van der Waals surface area (Å²) in [6, 6.07) is 5.47. The number of hydrogen-bond acceptors (Lipinski definition) is 4. The second-order valence-corrected chi connectivity index (χ2v) is 7.26. The van der Waals surface area contributed by atoms with Gasteiger partial charge in [0.2, 0.25) is 0 Å². The molecule has 0 fully saturated rings. The number of halogens is 1. The standard InChI is InChI=1S/C16H16FN5O2S/c1-11-3-4-14(16-15(11)12(7-18)8-19-16)21-25(23,24)13-9-20-22(10-13)6-2-5-17/h3-4,8-10,19,21H,2,5-6H2,1H3. The second-order valence-electron chi connectivity index (χ2n) is 5.58. The molecule has 0 spiro atoms. The zero-order chi connectivity index (χ0) is 18.0. The lowest BCUT2D eigenvalue weighted by Crippen LogP contribution is -2.13. The van der Waals surface area contributed by atoms with E-state index in [1.165, 1.54) is 17.1 Å². The number of fused-ring (bicyclic) bond motifs is 1. The molecule has 130 valence electrons. The number of hydrogen-bond donors (Lipinski definition) is 2. The predicted molar refractivity (Wildman–Crippen MR) is 91.4 cm³/mol. The molecule has 0 bridgehead atoms. The Balaban J connectivity index is 1.95. The van der Waals surface area contributed by atoms with E-state index in [0.717, 1.165) is 5.56 Å². The Labute approximate surface area is 144 Å². The van der Waals surface area contributed by atoms with Crippen molar-refractivity contribution in [1.29, 1.82) is 5.26 Å². The summed E-state index contributed by atoms with van der Waals surface area (Å²) < 4.78 is 41.3. The molecule has 7 nitrogen and oxygen atoms in total. The SMILES string of the molecule is Cc1ccc(NS(=O)(=O)c2cnn(CCCF)c2)c2[nH]cc(C#N)c12. The van der Waals surface area contributed by atoms with Gasteiger partial charge in [-0.3, -0.25) is 13.8 Å². The molecule has 3 aromatic rings. The lowest BCUT2D eigenvalue weighted by atomic mass is 10.1. The van der Waals surface area contributed by atoms with Crippen molar-refractivity contribution in [3.8, 4) is 6.07 Å². The van der Waals surface area contributed by atoms with Crippen LogP contribution in [0.15, 0.2) is 35.6 Å². The van der Waals surface area contributed by atoms with E-state index < -0.39 is 16.7 Å². The fourth-order valence-electron chi connectivity index (χ4n) is 2.62. The van der Waals surface area contributed by atoms with Gasteiger partial charge >= 0.3 is 0 Å². The number of aryl methyl sites for hydroxylation is 2. The smallest absolute Gasteiger partial charge is 0.265 e. The minimum Gasteiger partial charge on any atom is -0.358 e. The molecule has 0 saturated carbocycles. The van der Waals surface area contributed by atoms with Crippen LogP contribution in [0.1, 0.15) is 17.5 Å². The summed E-state index contributed by atoms with van der Waals surface area (Å²) in [7, 11) is -3.85. The van der Waals surface area contributed by atoms with Crippen molar-refractivity contribution < 1.29 is 12.8 Å². The van der Waals surface area contributed by atoms with Crippen molar-refractivity contribution in [3.05, 3.63) is 41.9 Å². The van der Waals surface area contributed by atoms with Crippen LogP contribution < -0.4 is 4.72 Å². The predicted octanol–water partition coefficient (Wildman–Crippen LogP) is 2.70. The van der Waals surface area contributed by atoms with Crippen molar-refractivity contribution in [3.63, 3.8) is 0 Å². The zero-order valence-corrected chi connectivity index (χ0v) is 14.3. The normalized spacial score (nSPS) is 11.6. The van der Waals surface area contributed by atoms with Crippen LogP contribution in [0, 0.1) is 18.3 Å². The third-order valence-electron chi connectivity index (χ3n) is 3.85. The van der Waals surface area contributed by atoms with Gasteiger partial charge in [0.25, 0.3) is 10.0 Å². The van der Waals surface area contributed by atoms with E-state index in [1.54, 1.807) is 18.3 Å². The molecule has 0 unspecified atom stereocenters. The summed E-state index contributed by atoms with van der Waals surface area (Å²) in [6.45, 7) is 1.67. The monoisotopic (exact) mass is 361 g/mol. The quantitative estimate of drug-likeness (QED) is 0.704. The third kappa shape index (κ3) is 3.21. The number of anilines is 1. The molecule has 25 heavy (non-hydrogen) atoms. The van der Waals surface area contributed by atoms with E-state index in [2.05, 4.69) is 20.9 Å². The number of aromatic amines is 1. The second kappa shape index (κ2) is 6.57. The first-order valence-electron chi connectivity index (χ1n) is 7.58. The molecule has 1 aromatic carbocycles. The van der Waals surface area contributed by atoms with Crippen LogP contribution in [-0.4, -0.2) is 29.9 Å². The van der Waals surface area contributed by atoms with Gasteiger partial charge in [-0.2, -0.15) is 10.4 Å². The van der Waals surface area contributed by atoms with Crippen molar-refractivity contribution in [2.75, 3.05) is 11.4 Å². The van der Waals surface area contributed by atoms with E-state index in [4.69, 9.17) is 0 Å². The average Bonchev–Trinajstić information content (AvgIpc) is 3.23. The van der Waals surface area contributed by atoms with E-state index in [1.807, 2.05) is 6.92 Å². The first-order valence-corrected chi connectivity index (χ1v) is 9.06. The Morgan fingerprint density at radius 1 is 1.44 bits per heavy atom. The van der Waals surface area contributed by atoms with Gasteiger partial charge in [-0.1, -0.05) is 6.07 Å². The van der Waals surface area contributed by atoms with Gasteiger partial charge < -0.3 is 4.98 Å². The van der Waals surface area contributed by atoms with Gasteiger partial charge in [-0.15, -0.1) is 0 Å². The van der Waals surface area contributed by atoms with Gasteiger partial charge in [0.1, 0.15) is 11.0 Å². The maximum Gasteiger partial charge on any atom is 0.265 e. The topological polar surface area (TPSA) is 104 Å². The fourth-order valence-corrected chi connectivity index (χ4v) is 3.65. The molecule has 0 aliphatic carbocycles. The molecule has 3 rings (SSSR count). The first-order chi connectivity index (χ1) is 12.0. The molecule has 2 N–H and O–H groups in total. The number of benzene rings is 1. The van der Waals surface area contributed by atoms with Gasteiger partial charge in [0, 0.05) is 24.3 Å². The van der Waals surface area contributed by atoms with Gasteiger partial charge in [0.15, 0.2) is 0 Å². The zero-order valence-electron chi connectivity index (χ0n) is 13.5. The van der Waals surface area contributed by atoms with Crippen LogP contribution in [0.3, 0.4) is 0 Å². The summed E-state index contributed by atoms with van der Waals surface area (Å²) in [4.78, 5) is 2.94. The Kier molecular flexibility index (Phi) is 4.46. The summed E-state index contributed by atoms with van der Waals surface area (Å²) in [5, 5.41) is 13.8. The number of nitrogens with zero attached hydrogens (tertiary/aromatic N) is 3. The van der Waals surface area contributed by atoms with E-state index in [-0.39, 0.29) is 11.3 Å². The van der Waals surface area contributed by atoms with Crippen molar-refractivity contribution >= 4 is 26.6 Å². The lowest BCUT2D eigenvalue weighted by molar-refractivity contribution is 0.434. The molecule has 0 aliphatic rings. The minimum absolute atomic E-state index is 0.00727. The summed E-state index contributed by atoms with van der Waals surface area (Å²) in [6.07, 6.45) is 4.40. The Morgan fingerprint density at radius 2 is 2.24 bits per heavy atom. The lowest BCUT2D eigenvalue weighted by Gasteiger charge is -2.09. The van der Waals surface area contributed by atoms with Crippen LogP contribution in [0.5, 0.6) is 0 Å². The van der Waals surface area contributed by atoms with Gasteiger partial charge in [0.05, 0.1) is 29.6 Å². The van der Waals surface area contributed by atoms with Crippen LogP contribution in [0.2, 0.25) is 0 Å². The summed E-state index contributed by atoms with van der Waals surface area (Å²) in [5.41, 5.74) is 2.21. The summed E-state index contributed by atoms with van der Waals surface area (Å²) in [5.74, 6) is 0. The van der Waals surface area contributed by atoms with Gasteiger partial charge in [-0.25, -0.2) is 8.42 Å². The molecule has 2 heterocycles. The Bertz CT molecular complexity index is 1060. The fraction of sp³-hybridized carbons (Fsp3) is 0.250. The highest BCUT2D eigenvalue weighted by molar-refractivity contribution is 7.92. The average molecular weight is 361 g/mol. The number of aromatic nitrogens is 3. The number of nitriles is 1. The molecule has 2 aromatic heterocycles. The number of nitrogens with one attached hydrogen (secondary N) is 2. The molecular weight excluding hydrogens is 345 g/mol. The van der Waals surface area contributed by atoms with Crippen LogP contribution in [0.25, 0.3) is 10.9 Å². The maximum atomic E-state index is 12.6. The number of H-pyrrole nitrogens is 1. The summed E-state index contributed by atoms with van der Waals surface area (Å²) >= 11 is 0. The van der Waals surface area contributed by atoms with Crippen molar-refractivity contribution in [2.24, 2.45) is 0 Å². The Hall–Kier alpha value is -2.86. The molecule has 0 aliphatic heterocycles. The number of rotatable bonds is 6. The highest BCUT2D eigenvalue weighted by Gasteiger charge is 2.19. The highest BCUT2D eigenvalue weighted by Crippen LogP contribution is 2.29. The highest BCUT2D eigenvalue weighted by atomic mass is 32.2. The number of alkyl halides is 1.